The van der Waals surface area contributed by atoms with Gasteiger partial charge >= 0.3 is 5.97 Å². The van der Waals surface area contributed by atoms with E-state index in [0.29, 0.717) is 41.8 Å². The number of methoxy groups -OCH3 is 1. The summed E-state index contributed by atoms with van der Waals surface area (Å²) in [6.45, 7) is 6.98. The lowest BCUT2D eigenvalue weighted by Crippen LogP contribution is -2.67. The second-order valence-corrected chi connectivity index (χ2v) is 11.9. The zero-order valence-electron chi connectivity index (χ0n) is 19.1. The maximum atomic E-state index is 14.0. The number of rotatable bonds is 4. The largest absolute Gasteiger partial charge is 0.469 e. The maximum absolute atomic E-state index is 14.0. The minimum atomic E-state index is -0.564. The fraction of sp³-hybridized carbons (Fsp3) is 0.920. The summed E-state index contributed by atoms with van der Waals surface area (Å²) < 4.78 is 11.6. The van der Waals surface area contributed by atoms with E-state index in [1.54, 1.807) is 0 Å². The van der Waals surface area contributed by atoms with E-state index in [-0.39, 0.29) is 22.3 Å². The van der Waals surface area contributed by atoms with Crippen LogP contribution >= 0.6 is 15.9 Å². The number of alkyl halides is 1. The molecule has 2 heterocycles. The van der Waals surface area contributed by atoms with Gasteiger partial charge in [-0.2, -0.15) is 0 Å². The summed E-state index contributed by atoms with van der Waals surface area (Å²) in [6, 6.07) is 0. The molecular weight excluding hydrogens is 444 g/mol. The van der Waals surface area contributed by atoms with E-state index in [9.17, 15) is 9.59 Å². The van der Waals surface area contributed by atoms with E-state index in [1.807, 2.05) is 0 Å². The molecule has 0 aromatic carbocycles. The first-order chi connectivity index (χ1) is 14.2. The van der Waals surface area contributed by atoms with Crippen LogP contribution in [0.25, 0.3) is 0 Å². The summed E-state index contributed by atoms with van der Waals surface area (Å²) in [4.78, 5) is 25.6. The van der Waals surface area contributed by atoms with Crippen LogP contribution in [0.4, 0.5) is 0 Å². The SMILES string of the molecule is COC(=O)CC[C@@H](C)[C@@H]1CC[C@@H]2[C@@H]3CC[C@H](C)C[C@H]4CCC[C@@]3(O4)C(=O)[C@@H](Br)[C@@]21C. The van der Waals surface area contributed by atoms with Gasteiger partial charge in [0, 0.05) is 6.42 Å². The van der Waals surface area contributed by atoms with Gasteiger partial charge in [0.15, 0.2) is 5.78 Å². The lowest BCUT2D eigenvalue weighted by Gasteiger charge is -2.59. The van der Waals surface area contributed by atoms with E-state index in [0.717, 1.165) is 44.9 Å². The monoisotopic (exact) mass is 482 g/mol. The third-order valence-corrected chi connectivity index (χ3v) is 10.9. The van der Waals surface area contributed by atoms with Gasteiger partial charge in [-0.1, -0.05) is 43.1 Å². The summed E-state index contributed by atoms with van der Waals surface area (Å²) in [5.41, 5.74) is -0.632. The average molecular weight is 483 g/mol. The lowest BCUT2D eigenvalue weighted by molar-refractivity contribution is -0.211. The Morgan fingerprint density at radius 2 is 1.97 bits per heavy atom. The zero-order valence-corrected chi connectivity index (χ0v) is 20.7. The van der Waals surface area contributed by atoms with Crippen molar-refractivity contribution in [3.63, 3.8) is 0 Å². The molecule has 1 spiro atoms. The number of halogens is 1. The first kappa shape index (κ1) is 22.8. The fourth-order valence-corrected chi connectivity index (χ4v) is 8.98. The van der Waals surface area contributed by atoms with Crippen molar-refractivity contribution < 1.29 is 19.1 Å². The Morgan fingerprint density at radius 1 is 1.23 bits per heavy atom. The molecular formula is C25H39BrO4. The summed E-state index contributed by atoms with van der Waals surface area (Å²) >= 11 is 3.94. The third-order valence-electron chi connectivity index (χ3n) is 9.47. The van der Waals surface area contributed by atoms with Crippen LogP contribution in [0.3, 0.4) is 0 Å². The lowest BCUT2D eigenvalue weighted by atomic mass is 9.52. The summed E-state index contributed by atoms with van der Waals surface area (Å²) in [6.07, 6.45) is 10.4. The van der Waals surface area contributed by atoms with E-state index < -0.39 is 5.60 Å². The molecule has 4 aliphatic rings. The molecule has 4 nitrogen and oxygen atoms in total. The number of ketones is 1. The number of fused-ring (bicyclic) bond motifs is 3. The van der Waals surface area contributed by atoms with Gasteiger partial charge in [-0.15, -0.1) is 0 Å². The Kier molecular flexibility index (Phi) is 6.45. The van der Waals surface area contributed by atoms with Crippen molar-refractivity contribution in [2.45, 2.75) is 102 Å². The smallest absolute Gasteiger partial charge is 0.305 e. The van der Waals surface area contributed by atoms with Crippen molar-refractivity contribution in [1.82, 2.24) is 0 Å². The summed E-state index contributed by atoms with van der Waals surface area (Å²) in [7, 11) is 1.46. The van der Waals surface area contributed by atoms with Crippen LogP contribution in [0.5, 0.6) is 0 Å². The quantitative estimate of drug-likeness (QED) is 0.380. The number of carbonyl (C=O) groups is 2. The van der Waals surface area contributed by atoms with E-state index in [1.165, 1.54) is 20.0 Å². The highest BCUT2D eigenvalue weighted by Gasteiger charge is 2.68. The van der Waals surface area contributed by atoms with Gasteiger partial charge in [-0.25, -0.2) is 0 Å². The fourth-order valence-electron chi connectivity index (χ4n) is 7.91. The Labute approximate surface area is 190 Å². The van der Waals surface area contributed by atoms with Crippen LogP contribution in [-0.4, -0.2) is 35.4 Å². The van der Waals surface area contributed by atoms with Crippen molar-refractivity contribution in [3.8, 4) is 0 Å². The van der Waals surface area contributed by atoms with Gasteiger partial charge in [0.25, 0.3) is 0 Å². The Hall–Kier alpha value is -0.420. The standard InChI is InChI=1S/C25H39BrO4/c1-15-7-9-20-19-11-10-18(16(2)8-12-21(27)29-4)24(19,3)22(26)23(28)25(20)13-5-6-17(14-15)30-25/h15-20,22H,5-14H2,1-4H3/t15-,16+,17+,18-,19+,20-,22+,24+,25-/m0/s1. The molecule has 0 aromatic heterocycles. The maximum Gasteiger partial charge on any atom is 0.305 e. The molecule has 30 heavy (non-hydrogen) atoms. The first-order valence-electron chi connectivity index (χ1n) is 12.2. The molecule has 2 saturated heterocycles. The van der Waals surface area contributed by atoms with Crippen molar-refractivity contribution >= 4 is 27.7 Å². The second kappa shape index (κ2) is 8.50. The van der Waals surface area contributed by atoms with Crippen LogP contribution in [0, 0.1) is 35.0 Å². The summed E-state index contributed by atoms with van der Waals surface area (Å²) in [5.74, 6) is 2.55. The molecule has 2 bridgehead atoms. The number of ether oxygens (including phenoxy) is 2. The minimum Gasteiger partial charge on any atom is -0.469 e. The highest BCUT2D eigenvalue weighted by molar-refractivity contribution is 9.10. The van der Waals surface area contributed by atoms with E-state index >= 15 is 0 Å². The third kappa shape index (κ3) is 3.50. The molecule has 0 radical (unpaired) electrons. The number of esters is 1. The number of hydrogen-bond acceptors (Lipinski definition) is 4. The molecule has 170 valence electrons. The minimum absolute atomic E-state index is 0.0682. The van der Waals surface area contributed by atoms with Gasteiger partial charge in [0.2, 0.25) is 0 Å². The molecule has 2 saturated carbocycles. The molecule has 4 fully saturated rings. The van der Waals surface area contributed by atoms with Crippen LogP contribution in [-0.2, 0) is 19.1 Å². The molecule has 0 unspecified atom stereocenters. The van der Waals surface area contributed by atoms with Crippen molar-refractivity contribution in [2.75, 3.05) is 7.11 Å². The predicted molar refractivity (Wildman–Crippen MR) is 120 cm³/mol. The van der Waals surface area contributed by atoms with Crippen molar-refractivity contribution in [1.29, 1.82) is 0 Å². The van der Waals surface area contributed by atoms with Gasteiger partial charge in [0.05, 0.1) is 18.0 Å². The summed E-state index contributed by atoms with van der Waals surface area (Å²) in [5, 5.41) is 0. The highest BCUT2D eigenvalue weighted by atomic mass is 79.9. The number of carbonyl (C=O) groups excluding carboxylic acids is 2. The predicted octanol–water partition coefficient (Wildman–Crippen LogP) is 5.70. The van der Waals surface area contributed by atoms with Crippen molar-refractivity contribution in [2.24, 2.45) is 35.0 Å². The second-order valence-electron chi connectivity index (χ2n) is 11.0. The Morgan fingerprint density at radius 3 is 2.70 bits per heavy atom. The van der Waals surface area contributed by atoms with Crippen LogP contribution in [0.1, 0.15) is 85.0 Å². The molecule has 9 atom stereocenters. The van der Waals surface area contributed by atoms with Gasteiger partial charge in [-0.05, 0) is 86.4 Å². The molecule has 0 amide bonds. The van der Waals surface area contributed by atoms with Crippen molar-refractivity contribution in [3.05, 3.63) is 0 Å². The normalized spacial score (nSPS) is 46.9. The van der Waals surface area contributed by atoms with E-state index in [4.69, 9.17) is 9.47 Å². The molecule has 0 aromatic rings. The molecule has 4 rings (SSSR count). The molecule has 5 heteroatoms. The highest BCUT2D eigenvalue weighted by Crippen LogP contribution is 2.65. The molecule has 2 aliphatic heterocycles. The average Bonchev–Trinajstić information content (AvgIpc) is 3.08. The number of hydrogen-bond donors (Lipinski definition) is 0. The van der Waals surface area contributed by atoms with Crippen LogP contribution in [0.15, 0.2) is 0 Å². The van der Waals surface area contributed by atoms with Gasteiger partial charge in [-0.3, -0.25) is 9.59 Å². The van der Waals surface area contributed by atoms with Gasteiger partial charge in [0.1, 0.15) is 5.60 Å². The molecule has 0 N–H and O–H groups in total. The molecule has 2 aliphatic carbocycles. The van der Waals surface area contributed by atoms with E-state index in [2.05, 4.69) is 36.7 Å². The van der Waals surface area contributed by atoms with Gasteiger partial charge < -0.3 is 9.47 Å². The zero-order chi connectivity index (χ0) is 21.7. The Balaban J connectivity index is 1.64. The Bertz CT molecular complexity index is 680. The topological polar surface area (TPSA) is 52.6 Å². The number of Topliss-reactive ketones (excluding diaryl/α,β-unsaturated/α-hetero) is 1. The first-order valence-corrected chi connectivity index (χ1v) is 13.1. The van der Waals surface area contributed by atoms with Crippen LogP contribution < -0.4 is 0 Å². The van der Waals surface area contributed by atoms with Crippen LogP contribution in [0.2, 0.25) is 0 Å².